The average Bonchev–Trinajstić information content (AvgIpc) is 2.70. The Balaban J connectivity index is 2.04. The smallest absolute Gasteiger partial charge is 0.422 e. The van der Waals surface area contributed by atoms with Gasteiger partial charge in [0.1, 0.15) is 11.6 Å². The number of benzene rings is 2. The highest BCUT2D eigenvalue weighted by Crippen LogP contribution is 2.22. The number of nitrogens with one attached hydrogen (secondary N) is 1. The summed E-state index contributed by atoms with van der Waals surface area (Å²) in [6.45, 7) is 1.13. The second-order valence-corrected chi connectivity index (χ2v) is 6.87. The minimum Gasteiger partial charge on any atom is -0.484 e. The maximum atomic E-state index is 13.2. The van der Waals surface area contributed by atoms with Crippen LogP contribution in [-0.4, -0.2) is 34.6 Å². The summed E-state index contributed by atoms with van der Waals surface area (Å²) in [6, 6.07) is 12.7. The van der Waals surface area contributed by atoms with Gasteiger partial charge in [0.05, 0.1) is 22.6 Å². The molecule has 3 aromatic rings. The van der Waals surface area contributed by atoms with E-state index in [2.05, 4.69) is 22.9 Å². The lowest BCUT2D eigenvalue weighted by Gasteiger charge is -2.19. The molecule has 5 nitrogen and oxygen atoms in total. The van der Waals surface area contributed by atoms with Gasteiger partial charge >= 0.3 is 6.18 Å². The third kappa shape index (κ3) is 5.10. The van der Waals surface area contributed by atoms with Gasteiger partial charge in [-0.25, -0.2) is 4.98 Å². The number of aromatic nitrogens is 2. The first-order valence-electron chi connectivity index (χ1n) is 8.96. The molecule has 0 spiro atoms. The van der Waals surface area contributed by atoms with Crippen molar-refractivity contribution in [1.29, 1.82) is 0 Å². The van der Waals surface area contributed by atoms with Crippen LogP contribution in [0.3, 0.4) is 0 Å². The minimum atomic E-state index is -4.42. The van der Waals surface area contributed by atoms with Gasteiger partial charge in [0.2, 0.25) is 0 Å². The Morgan fingerprint density at radius 3 is 2.52 bits per heavy atom. The number of para-hydroxylation sites is 1. The van der Waals surface area contributed by atoms with E-state index in [1.165, 1.54) is 16.7 Å². The van der Waals surface area contributed by atoms with Crippen molar-refractivity contribution in [3.05, 3.63) is 64.7 Å². The Hall–Kier alpha value is -2.52. The van der Waals surface area contributed by atoms with Crippen LogP contribution in [0.5, 0.6) is 5.75 Å². The summed E-state index contributed by atoms with van der Waals surface area (Å²) in [7, 11) is 0. The molecule has 0 aliphatic carbocycles. The van der Waals surface area contributed by atoms with Gasteiger partial charge in [-0.1, -0.05) is 12.1 Å². The highest BCUT2D eigenvalue weighted by atomic mass is 32.1. The second-order valence-electron chi connectivity index (χ2n) is 6.42. The van der Waals surface area contributed by atoms with Crippen LogP contribution in [0.1, 0.15) is 18.8 Å². The van der Waals surface area contributed by atoms with Crippen molar-refractivity contribution in [3.63, 3.8) is 0 Å². The van der Waals surface area contributed by atoms with Crippen LogP contribution in [0, 0.1) is 0 Å². The summed E-state index contributed by atoms with van der Waals surface area (Å²) in [5.41, 5.74) is 0.810. The van der Waals surface area contributed by atoms with Crippen LogP contribution >= 0.6 is 12.6 Å². The number of halogens is 3. The van der Waals surface area contributed by atoms with Crippen molar-refractivity contribution in [2.24, 2.45) is 0 Å². The highest BCUT2D eigenvalue weighted by Gasteiger charge is 2.28. The fourth-order valence-corrected chi connectivity index (χ4v) is 3.05. The van der Waals surface area contributed by atoms with Crippen molar-refractivity contribution in [1.82, 2.24) is 14.9 Å². The van der Waals surface area contributed by atoms with E-state index in [1.54, 1.807) is 30.3 Å². The number of hydrogen-bond donors (Lipinski definition) is 2. The van der Waals surface area contributed by atoms with E-state index in [-0.39, 0.29) is 17.4 Å². The number of nitrogens with zero attached hydrogens (tertiary/aromatic N) is 2. The Labute approximate surface area is 170 Å². The number of fused-ring (bicyclic) bond motifs is 1. The first kappa shape index (κ1) is 21.2. The lowest BCUT2D eigenvalue weighted by Crippen LogP contribution is -2.31. The minimum absolute atomic E-state index is 0.0654. The van der Waals surface area contributed by atoms with E-state index < -0.39 is 12.8 Å². The van der Waals surface area contributed by atoms with E-state index in [9.17, 15) is 18.0 Å². The average molecular weight is 423 g/mol. The number of hydrogen-bond acceptors (Lipinski definition) is 5. The normalized spacial score (nSPS) is 12.9. The van der Waals surface area contributed by atoms with Crippen LogP contribution in [-0.2, 0) is 0 Å². The zero-order valence-electron chi connectivity index (χ0n) is 15.6. The Kier molecular flexibility index (Phi) is 6.49. The first-order chi connectivity index (χ1) is 13.8. The third-order valence-corrected chi connectivity index (χ3v) is 4.47. The van der Waals surface area contributed by atoms with Crippen LogP contribution < -0.4 is 15.6 Å². The molecule has 1 atom stereocenters. The zero-order chi connectivity index (χ0) is 21.0. The zero-order valence-corrected chi connectivity index (χ0v) is 16.5. The third-order valence-electron chi connectivity index (χ3n) is 4.25. The molecule has 0 saturated heterocycles. The molecule has 2 aromatic carbocycles. The van der Waals surface area contributed by atoms with Crippen molar-refractivity contribution in [2.45, 2.75) is 19.1 Å². The van der Waals surface area contributed by atoms with Gasteiger partial charge in [-0.05, 0) is 43.3 Å². The molecule has 0 aliphatic heterocycles. The summed E-state index contributed by atoms with van der Waals surface area (Å²) in [5, 5.41) is 3.70. The Morgan fingerprint density at radius 2 is 1.86 bits per heavy atom. The quantitative estimate of drug-likeness (QED) is 0.566. The van der Waals surface area contributed by atoms with Crippen molar-refractivity contribution in [2.75, 3.05) is 18.9 Å². The van der Waals surface area contributed by atoms with E-state index in [1.807, 2.05) is 13.0 Å². The molecule has 9 heteroatoms. The van der Waals surface area contributed by atoms with Crippen molar-refractivity contribution in [3.8, 4) is 11.4 Å². The van der Waals surface area contributed by atoms with E-state index >= 15 is 0 Å². The predicted octanol–water partition coefficient (Wildman–Crippen LogP) is 3.91. The molecule has 0 bridgehead atoms. The molecular formula is C20H20F3N3O2S. The molecule has 1 N–H and O–H groups in total. The Morgan fingerprint density at radius 1 is 1.17 bits per heavy atom. The van der Waals surface area contributed by atoms with E-state index in [0.717, 1.165) is 0 Å². The first-order valence-corrected chi connectivity index (χ1v) is 9.59. The van der Waals surface area contributed by atoms with Gasteiger partial charge in [-0.15, -0.1) is 0 Å². The number of ether oxygens (including phenoxy) is 1. The molecule has 1 heterocycles. The molecule has 0 aliphatic rings. The Bertz CT molecular complexity index is 1040. The lowest BCUT2D eigenvalue weighted by molar-refractivity contribution is -0.153. The standard InChI is InChI=1S/C20H20F3N3O2S/c1-13(24-10-11-29)18-25-17-5-3-2-4-16(17)19(27)26(18)14-6-8-15(9-7-14)28-12-20(21,22)23/h2-9,13,24,29H,10-12H2,1H3/t13-/m1/s1. The van der Waals surface area contributed by atoms with Gasteiger partial charge in [0, 0.05) is 12.3 Å². The summed E-state index contributed by atoms with van der Waals surface area (Å²) >= 11 is 4.19. The fraction of sp³-hybridized carbons (Fsp3) is 0.300. The lowest BCUT2D eigenvalue weighted by atomic mass is 10.2. The second kappa shape index (κ2) is 8.87. The van der Waals surface area contributed by atoms with Crippen molar-refractivity contribution >= 4 is 23.5 Å². The highest BCUT2D eigenvalue weighted by molar-refractivity contribution is 7.80. The molecule has 29 heavy (non-hydrogen) atoms. The van der Waals surface area contributed by atoms with Gasteiger partial charge < -0.3 is 10.1 Å². The fourth-order valence-electron chi connectivity index (χ4n) is 2.92. The van der Waals surface area contributed by atoms with Gasteiger partial charge in [0.25, 0.3) is 5.56 Å². The topological polar surface area (TPSA) is 56.2 Å². The molecule has 0 radical (unpaired) electrons. The van der Waals surface area contributed by atoms with Gasteiger partial charge in [-0.2, -0.15) is 25.8 Å². The van der Waals surface area contributed by atoms with E-state index in [4.69, 9.17) is 4.74 Å². The molecule has 0 amide bonds. The summed E-state index contributed by atoms with van der Waals surface area (Å²) in [4.78, 5) is 17.8. The number of rotatable bonds is 7. The molecule has 0 fully saturated rings. The molecule has 1 aromatic heterocycles. The van der Waals surface area contributed by atoms with E-state index in [0.29, 0.717) is 34.7 Å². The molecule has 0 unspecified atom stereocenters. The number of thiol groups is 1. The van der Waals surface area contributed by atoms with Gasteiger partial charge in [0.15, 0.2) is 6.61 Å². The van der Waals surface area contributed by atoms with Crippen LogP contribution in [0.4, 0.5) is 13.2 Å². The molecule has 0 saturated carbocycles. The summed E-state index contributed by atoms with van der Waals surface area (Å²) in [5.74, 6) is 1.18. The molecule has 3 rings (SSSR count). The summed E-state index contributed by atoms with van der Waals surface area (Å²) < 4.78 is 43.2. The van der Waals surface area contributed by atoms with Crippen LogP contribution in [0.2, 0.25) is 0 Å². The number of alkyl halides is 3. The van der Waals surface area contributed by atoms with Crippen molar-refractivity contribution < 1.29 is 17.9 Å². The molecular weight excluding hydrogens is 403 g/mol. The van der Waals surface area contributed by atoms with Gasteiger partial charge in [-0.3, -0.25) is 9.36 Å². The summed E-state index contributed by atoms with van der Waals surface area (Å²) in [6.07, 6.45) is -4.42. The predicted molar refractivity (Wildman–Crippen MR) is 109 cm³/mol. The maximum Gasteiger partial charge on any atom is 0.422 e. The van der Waals surface area contributed by atoms with Crippen LogP contribution in [0.15, 0.2) is 53.3 Å². The molecule has 154 valence electrons. The monoisotopic (exact) mass is 423 g/mol. The van der Waals surface area contributed by atoms with Crippen LogP contribution in [0.25, 0.3) is 16.6 Å². The largest absolute Gasteiger partial charge is 0.484 e. The SMILES string of the molecule is C[C@@H](NCCS)c1nc2ccccc2c(=O)n1-c1ccc(OCC(F)(F)F)cc1. The maximum absolute atomic E-state index is 13.2.